The van der Waals surface area contributed by atoms with Gasteiger partial charge in [-0.15, -0.1) is 0 Å². The molecule has 5 heteroatoms. The number of likely N-dealkylation sites (tertiary alicyclic amines) is 1. The molecule has 2 unspecified atom stereocenters. The smallest absolute Gasteiger partial charge is 0.410 e. The van der Waals surface area contributed by atoms with Crippen LogP contribution in [0, 0.1) is 0 Å². The molecule has 1 heterocycles. The molecule has 0 bridgehead atoms. The number of nitrogens with two attached hydrogens (primary N) is 1. The average Bonchev–Trinajstić information content (AvgIpc) is 2.43. The van der Waals surface area contributed by atoms with E-state index in [0.717, 1.165) is 6.42 Å². The monoisotopic (exact) mass is 232 g/mol. The van der Waals surface area contributed by atoms with Gasteiger partial charge in [-0.1, -0.05) is 0 Å². The maximum atomic E-state index is 11.8. The SMILES string of the molecule is CC(C)(C)OC(=O)N1CC(S)CC1CN. The normalized spacial score (nSPS) is 26.9. The third-order valence-corrected chi connectivity index (χ3v) is 2.67. The van der Waals surface area contributed by atoms with E-state index in [4.69, 9.17) is 10.5 Å². The Labute approximate surface area is 96.5 Å². The topological polar surface area (TPSA) is 55.6 Å². The molecule has 0 aliphatic carbocycles. The Kier molecular flexibility index (Phi) is 3.89. The van der Waals surface area contributed by atoms with E-state index in [0.29, 0.717) is 13.1 Å². The van der Waals surface area contributed by atoms with E-state index >= 15 is 0 Å². The Hall–Kier alpha value is -0.420. The van der Waals surface area contributed by atoms with Gasteiger partial charge in [0.05, 0.1) is 0 Å². The van der Waals surface area contributed by atoms with Gasteiger partial charge in [0.1, 0.15) is 5.60 Å². The van der Waals surface area contributed by atoms with Gasteiger partial charge in [-0.05, 0) is 27.2 Å². The summed E-state index contributed by atoms with van der Waals surface area (Å²) in [6, 6.07) is 0.0716. The number of carbonyl (C=O) groups is 1. The summed E-state index contributed by atoms with van der Waals surface area (Å²) in [5.74, 6) is 0. The summed E-state index contributed by atoms with van der Waals surface area (Å²) < 4.78 is 5.30. The molecule has 15 heavy (non-hydrogen) atoms. The molecular formula is C10H20N2O2S. The molecular weight excluding hydrogens is 212 g/mol. The van der Waals surface area contributed by atoms with Gasteiger partial charge >= 0.3 is 6.09 Å². The lowest BCUT2D eigenvalue weighted by molar-refractivity contribution is 0.0233. The van der Waals surface area contributed by atoms with Crippen LogP contribution in [0.3, 0.4) is 0 Å². The zero-order chi connectivity index (χ0) is 11.6. The summed E-state index contributed by atoms with van der Waals surface area (Å²) >= 11 is 4.37. The predicted molar refractivity (Wildman–Crippen MR) is 63.2 cm³/mol. The van der Waals surface area contributed by atoms with Crippen molar-refractivity contribution in [2.24, 2.45) is 5.73 Å². The molecule has 0 aromatic carbocycles. The largest absolute Gasteiger partial charge is 0.444 e. The number of nitrogens with zero attached hydrogens (tertiary/aromatic N) is 1. The van der Waals surface area contributed by atoms with Gasteiger partial charge in [0, 0.05) is 24.4 Å². The lowest BCUT2D eigenvalue weighted by Crippen LogP contribution is -2.43. The van der Waals surface area contributed by atoms with Crippen molar-refractivity contribution in [1.29, 1.82) is 0 Å². The summed E-state index contributed by atoms with van der Waals surface area (Å²) in [5.41, 5.74) is 5.15. The fourth-order valence-corrected chi connectivity index (χ4v) is 2.08. The molecule has 1 amide bonds. The fraction of sp³-hybridized carbons (Fsp3) is 0.900. The second-order valence-corrected chi connectivity index (χ2v) is 5.64. The molecule has 0 radical (unpaired) electrons. The molecule has 1 saturated heterocycles. The van der Waals surface area contributed by atoms with Crippen molar-refractivity contribution in [3.05, 3.63) is 0 Å². The zero-order valence-corrected chi connectivity index (χ0v) is 10.5. The number of carbonyl (C=O) groups excluding carboxylic acids is 1. The first kappa shape index (κ1) is 12.6. The standard InChI is InChI=1S/C10H20N2O2S/c1-10(2,3)14-9(13)12-6-8(15)4-7(12)5-11/h7-8,15H,4-6,11H2,1-3H3. The maximum Gasteiger partial charge on any atom is 0.410 e. The van der Waals surface area contributed by atoms with E-state index in [1.165, 1.54) is 0 Å². The molecule has 88 valence electrons. The summed E-state index contributed by atoms with van der Waals surface area (Å²) in [6.07, 6.45) is 0.563. The molecule has 1 fully saturated rings. The third kappa shape index (κ3) is 3.57. The van der Waals surface area contributed by atoms with Gasteiger partial charge in [0.25, 0.3) is 0 Å². The van der Waals surface area contributed by atoms with Gasteiger partial charge < -0.3 is 15.4 Å². The van der Waals surface area contributed by atoms with E-state index in [9.17, 15) is 4.79 Å². The Morgan fingerprint density at radius 2 is 2.20 bits per heavy atom. The van der Waals surface area contributed by atoms with Crippen LogP contribution in [0.4, 0.5) is 4.79 Å². The quantitative estimate of drug-likeness (QED) is 0.669. The van der Waals surface area contributed by atoms with Gasteiger partial charge in [-0.3, -0.25) is 0 Å². The highest BCUT2D eigenvalue weighted by Gasteiger charge is 2.35. The van der Waals surface area contributed by atoms with Crippen molar-refractivity contribution in [3.8, 4) is 0 Å². The van der Waals surface area contributed by atoms with Crippen molar-refractivity contribution in [2.75, 3.05) is 13.1 Å². The highest BCUT2D eigenvalue weighted by molar-refractivity contribution is 7.81. The first-order valence-corrected chi connectivity index (χ1v) is 5.73. The predicted octanol–water partition coefficient (Wildman–Crippen LogP) is 1.25. The first-order chi connectivity index (χ1) is 6.83. The Morgan fingerprint density at radius 1 is 1.60 bits per heavy atom. The molecule has 1 aliphatic rings. The number of thiol groups is 1. The molecule has 0 spiro atoms. The van der Waals surface area contributed by atoms with E-state index in [1.54, 1.807) is 4.90 Å². The van der Waals surface area contributed by atoms with E-state index < -0.39 is 5.60 Å². The molecule has 0 saturated carbocycles. The summed E-state index contributed by atoms with van der Waals surface area (Å²) in [7, 11) is 0. The fourth-order valence-electron chi connectivity index (χ4n) is 1.66. The number of rotatable bonds is 1. The van der Waals surface area contributed by atoms with Crippen molar-refractivity contribution in [3.63, 3.8) is 0 Å². The Bertz CT molecular complexity index is 240. The van der Waals surface area contributed by atoms with Crippen LogP contribution in [0.25, 0.3) is 0 Å². The van der Waals surface area contributed by atoms with Crippen LogP contribution >= 0.6 is 12.6 Å². The van der Waals surface area contributed by atoms with Gasteiger partial charge in [0.15, 0.2) is 0 Å². The minimum absolute atomic E-state index is 0.0716. The lowest BCUT2D eigenvalue weighted by Gasteiger charge is -2.27. The molecule has 2 N–H and O–H groups in total. The summed E-state index contributed by atoms with van der Waals surface area (Å²) in [4.78, 5) is 13.5. The van der Waals surface area contributed by atoms with Gasteiger partial charge in [-0.2, -0.15) is 12.6 Å². The average molecular weight is 232 g/mol. The van der Waals surface area contributed by atoms with E-state index in [1.807, 2.05) is 20.8 Å². The van der Waals surface area contributed by atoms with Crippen molar-refractivity contribution < 1.29 is 9.53 Å². The Balaban J connectivity index is 2.59. The van der Waals surface area contributed by atoms with Crippen molar-refractivity contribution in [1.82, 2.24) is 4.90 Å². The third-order valence-electron chi connectivity index (χ3n) is 2.29. The van der Waals surface area contributed by atoms with Crippen LogP contribution in [0.2, 0.25) is 0 Å². The highest BCUT2D eigenvalue weighted by atomic mass is 32.1. The molecule has 1 rings (SSSR count). The van der Waals surface area contributed by atoms with Crippen molar-refractivity contribution in [2.45, 2.75) is 44.1 Å². The zero-order valence-electron chi connectivity index (χ0n) is 9.56. The lowest BCUT2D eigenvalue weighted by atomic mass is 10.2. The minimum Gasteiger partial charge on any atom is -0.444 e. The maximum absolute atomic E-state index is 11.8. The number of amides is 1. The van der Waals surface area contributed by atoms with E-state index in [2.05, 4.69) is 12.6 Å². The summed E-state index contributed by atoms with van der Waals surface area (Å²) in [5, 5.41) is 0.214. The summed E-state index contributed by atoms with van der Waals surface area (Å²) in [6.45, 7) is 6.67. The number of hydrogen-bond acceptors (Lipinski definition) is 4. The van der Waals surface area contributed by atoms with Crippen LogP contribution < -0.4 is 5.73 Å². The van der Waals surface area contributed by atoms with Gasteiger partial charge in [-0.25, -0.2) is 4.79 Å². The Morgan fingerprint density at radius 3 is 2.67 bits per heavy atom. The van der Waals surface area contributed by atoms with Crippen LogP contribution in [0.15, 0.2) is 0 Å². The number of ether oxygens (including phenoxy) is 1. The molecule has 1 aliphatic heterocycles. The van der Waals surface area contributed by atoms with Crippen LogP contribution in [0.5, 0.6) is 0 Å². The van der Waals surface area contributed by atoms with Crippen LogP contribution in [-0.2, 0) is 4.74 Å². The molecule has 0 aromatic heterocycles. The van der Waals surface area contributed by atoms with E-state index in [-0.39, 0.29) is 17.4 Å². The second-order valence-electron chi connectivity index (χ2n) is 4.91. The van der Waals surface area contributed by atoms with Gasteiger partial charge in [0.2, 0.25) is 0 Å². The van der Waals surface area contributed by atoms with Crippen molar-refractivity contribution >= 4 is 18.7 Å². The molecule has 2 atom stereocenters. The first-order valence-electron chi connectivity index (χ1n) is 5.21. The molecule has 4 nitrogen and oxygen atoms in total. The van der Waals surface area contributed by atoms with Crippen LogP contribution in [0.1, 0.15) is 27.2 Å². The molecule has 0 aromatic rings. The van der Waals surface area contributed by atoms with Crippen LogP contribution in [-0.4, -0.2) is 41.0 Å². The highest BCUT2D eigenvalue weighted by Crippen LogP contribution is 2.23. The minimum atomic E-state index is -0.453. The number of hydrogen-bond donors (Lipinski definition) is 2. The second kappa shape index (κ2) is 4.61.